The minimum absolute atomic E-state index is 0.0247. The van der Waals surface area contributed by atoms with Crippen molar-refractivity contribution in [1.29, 1.82) is 5.26 Å². The van der Waals surface area contributed by atoms with Crippen molar-refractivity contribution in [3.63, 3.8) is 0 Å². The molecule has 0 spiro atoms. The Hall–Kier alpha value is -1.24. The molecule has 0 radical (unpaired) electrons. The number of carbonyl (C=O) groups is 1. The van der Waals surface area contributed by atoms with Crippen molar-refractivity contribution in [2.75, 3.05) is 13.1 Å². The highest BCUT2D eigenvalue weighted by molar-refractivity contribution is 6.39. The summed E-state index contributed by atoms with van der Waals surface area (Å²) >= 11 is 11.8. The van der Waals surface area contributed by atoms with Crippen molar-refractivity contribution in [2.45, 2.75) is 6.92 Å². The molecule has 0 fully saturated rings. The van der Waals surface area contributed by atoms with E-state index >= 15 is 0 Å². The first-order valence-electron chi connectivity index (χ1n) is 4.72. The van der Waals surface area contributed by atoms with Crippen molar-refractivity contribution in [1.82, 2.24) is 4.90 Å². The molecule has 84 valence electrons. The molecule has 0 saturated carbocycles. The fourth-order valence-corrected chi connectivity index (χ4v) is 1.83. The van der Waals surface area contributed by atoms with Crippen LogP contribution >= 0.6 is 23.2 Å². The van der Waals surface area contributed by atoms with Crippen LogP contribution in [0.15, 0.2) is 18.2 Å². The molecule has 16 heavy (non-hydrogen) atoms. The van der Waals surface area contributed by atoms with Gasteiger partial charge >= 0.3 is 0 Å². The fraction of sp³-hybridized carbons (Fsp3) is 0.273. The average Bonchev–Trinajstić information content (AvgIpc) is 2.25. The van der Waals surface area contributed by atoms with E-state index in [0.717, 1.165) is 0 Å². The van der Waals surface area contributed by atoms with Crippen molar-refractivity contribution in [2.24, 2.45) is 0 Å². The highest BCUT2D eigenvalue weighted by Gasteiger charge is 2.19. The normalized spacial score (nSPS) is 9.62. The summed E-state index contributed by atoms with van der Waals surface area (Å²) in [7, 11) is 0. The Morgan fingerprint density at radius 2 is 2.00 bits per heavy atom. The van der Waals surface area contributed by atoms with Crippen LogP contribution in [0.4, 0.5) is 0 Å². The van der Waals surface area contributed by atoms with E-state index in [1.807, 2.05) is 6.07 Å². The highest BCUT2D eigenvalue weighted by Crippen LogP contribution is 2.25. The van der Waals surface area contributed by atoms with Gasteiger partial charge in [0.25, 0.3) is 5.91 Å². The van der Waals surface area contributed by atoms with E-state index < -0.39 is 0 Å². The number of amides is 1. The molecule has 0 bridgehead atoms. The van der Waals surface area contributed by atoms with E-state index in [1.165, 1.54) is 4.90 Å². The first kappa shape index (κ1) is 12.8. The summed E-state index contributed by atoms with van der Waals surface area (Å²) in [6, 6.07) is 6.79. The predicted octanol–water partition coefficient (Wildman–Crippen LogP) is 2.98. The van der Waals surface area contributed by atoms with Crippen LogP contribution in [0, 0.1) is 11.3 Å². The molecule has 5 heteroatoms. The van der Waals surface area contributed by atoms with Gasteiger partial charge in [-0.15, -0.1) is 0 Å². The number of hydrogen-bond acceptors (Lipinski definition) is 2. The molecule has 0 aromatic heterocycles. The summed E-state index contributed by atoms with van der Waals surface area (Å²) in [5.74, 6) is -0.320. The minimum atomic E-state index is -0.320. The molecule has 0 N–H and O–H groups in total. The Balaban J connectivity index is 3.09. The summed E-state index contributed by atoms with van der Waals surface area (Å²) in [5, 5.41) is 9.19. The maximum absolute atomic E-state index is 12.0. The maximum Gasteiger partial charge on any atom is 0.257 e. The standard InChI is InChI=1S/C11H10Cl2N2O/c1-2-15(7-6-14)11(16)10-8(12)4-3-5-9(10)13/h3-5H,2,7H2,1H3. The number of hydrogen-bond donors (Lipinski definition) is 0. The van der Waals surface area contributed by atoms with Gasteiger partial charge in [0, 0.05) is 6.54 Å². The van der Waals surface area contributed by atoms with Crippen LogP contribution in [0.1, 0.15) is 17.3 Å². The van der Waals surface area contributed by atoms with Gasteiger partial charge in [0.2, 0.25) is 0 Å². The Labute approximate surface area is 104 Å². The second kappa shape index (κ2) is 5.74. The van der Waals surface area contributed by atoms with Crippen LogP contribution in [-0.4, -0.2) is 23.9 Å². The molecule has 1 rings (SSSR count). The van der Waals surface area contributed by atoms with E-state index in [9.17, 15) is 4.79 Å². The molecule has 0 aliphatic rings. The lowest BCUT2D eigenvalue weighted by Gasteiger charge is -2.18. The number of nitriles is 1. The third-order valence-electron chi connectivity index (χ3n) is 2.11. The lowest BCUT2D eigenvalue weighted by Crippen LogP contribution is -2.31. The monoisotopic (exact) mass is 256 g/mol. The number of carbonyl (C=O) groups excluding carboxylic acids is 1. The first-order chi connectivity index (χ1) is 7.61. The van der Waals surface area contributed by atoms with Crippen LogP contribution in [-0.2, 0) is 0 Å². The first-order valence-corrected chi connectivity index (χ1v) is 5.47. The SMILES string of the molecule is CCN(CC#N)C(=O)c1c(Cl)cccc1Cl. The number of halogens is 2. The second-order valence-corrected chi connectivity index (χ2v) is 3.89. The zero-order valence-corrected chi connectivity index (χ0v) is 10.2. The molecule has 0 saturated heterocycles. The molecule has 0 atom stereocenters. The molecule has 3 nitrogen and oxygen atoms in total. The van der Waals surface area contributed by atoms with Gasteiger partial charge in [-0.1, -0.05) is 29.3 Å². The van der Waals surface area contributed by atoms with Crippen molar-refractivity contribution in [3.8, 4) is 6.07 Å². The fourth-order valence-electron chi connectivity index (χ4n) is 1.27. The van der Waals surface area contributed by atoms with E-state index in [-0.39, 0.29) is 18.0 Å². The van der Waals surface area contributed by atoms with Gasteiger partial charge in [-0.3, -0.25) is 4.79 Å². The third kappa shape index (κ3) is 2.66. The molecule has 1 aromatic carbocycles. The minimum Gasteiger partial charge on any atom is -0.326 e. The van der Waals surface area contributed by atoms with Gasteiger partial charge < -0.3 is 4.90 Å². The zero-order chi connectivity index (χ0) is 12.1. The molecular weight excluding hydrogens is 247 g/mol. The average molecular weight is 257 g/mol. The van der Waals surface area contributed by atoms with Crippen LogP contribution in [0.25, 0.3) is 0 Å². The molecule has 0 heterocycles. The van der Waals surface area contributed by atoms with Gasteiger partial charge in [-0.05, 0) is 19.1 Å². The maximum atomic E-state index is 12.0. The Bertz CT molecular complexity index is 420. The van der Waals surface area contributed by atoms with E-state index in [4.69, 9.17) is 28.5 Å². The van der Waals surface area contributed by atoms with Crippen LogP contribution in [0.2, 0.25) is 10.0 Å². The summed E-state index contributed by atoms with van der Waals surface area (Å²) in [6.45, 7) is 2.25. The molecule has 0 aliphatic carbocycles. The summed E-state index contributed by atoms with van der Waals surface area (Å²) < 4.78 is 0. The summed E-state index contributed by atoms with van der Waals surface area (Å²) in [6.07, 6.45) is 0. The quantitative estimate of drug-likeness (QED) is 0.781. The van der Waals surface area contributed by atoms with Gasteiger partial charge in [0.15, 0.2) is 0 Å². The molecular formula is C11H10Cl2N2O. The second-order valence-electron chi connectivity index (χ2n) is 3.07. The third-order valence-corrected chi connectivity index (χ3v) is 2.74. The van der Waals surface area contributed by atoms with Crippen LogP contribution in [0.5, 0.6) is 0 Å². The lowest BCUT2D eigenvalue weighted by atomic mass is 10.2. The smallest absolute Gasteiger partial charge is 0.257 e. The molecule has 1 aromatic rings. The number of nitrogens with zero attached hydrogens (tertiary/aromatic N) is 2. The van der Waals surface area contributed by atoms with Gasteiger partial charge in [0.05, 0.1) is 21.7 Å². The topological polar surface area (TPSA) is 44.1 Å². The zero-order valence-electron chi connectivity index (χ0n) is 8.70. The van der Waals surface area contributed by atoms with Crippen molar-refractivity contribution >= 4 is 29.1 Å². The number of rotatable bonds is 3. The highest BCUT2D eigenvalue weighted by atomic mass is 35.5. The van der Waals surface area contributed by atoms with Gasteiger partial charge in [0.1, 0.15) is 6.54 Å². The van der Waals surface area contributed by atoms with E-state index in [2.05, 4.69) is 0 Å². The van der Waals surface area contributed by atoms with Crippen LogP contribution in [0.3, 0.4) is 0 Å². The van der Waals surface area contributed by atoms with E-state index in [1.54, 1.807) is 25.1 Å². The molecule has 0 aliphatic heterocycles. The summed E-state index contributed by atoms with van der Waals surface area (Å²) in [5.41, 5.74) is 0.253. The molecule has 1 amide bonds. The lowest BCUT2D eigenvalue weighted by molar-refractivity contribution is 0.0784. The Kier molecular flexibility index (Phi) is 4.60. The molecule has 0 unspecified atom stereocenters. The Morgan fingerprint density at radius 1 is 1.44 bits per heavy atom. The summed E-state index contributed by atoms with van der Waals surface area (Å²) in [4.78, 5) is 13.4. The Morgan fingerprint density at radius 3 is 2.44 bits per heavy atom. The van der Waals surface area contributed by atoms with Gasteiger partial charge in [-0.25, -0.2) is 0 Å². The van der Waals surface area contributed by atoms with E-state index in [0.29, 0.717) is 16.6 Å². The van der Waals surface area contributed by atoms with Crippen molar-refractivity contribution < 1.29 is 4.79 Å². The van der Waals surface area contributed by atoms with Crippen LogP contribution < -0.4 is 0 Å². The van der Waals surface area contributed by atoms with Crippen molar-refractivity contribution in [3.05, 3.63) is 33.8 Å². The number of benzene rings is 1. The predicted molar refractivity (Wildman–Crippen MR) is 63.7 cm³/mol. The largest absolute Gasteiger partial charge is 0.326 e. The van der Waals surface area contributed by atoms with Gasteiger partial charge in [-0.2, -0.15) is 5.26 Å².